The quantitative estimate of drug-likeness (QED) is 0.804. The molecule has 5 nitrogen and oxygen atoms in total. The van der Waals surface area contributed by atoms with E-state index in [4.69, 9.17) is 0 Å². The number of hydrogen-bond donors (Lipinski definition) is 2. The summed E-state index contributed by atoms with van der Waals surface area (Å²) in [5.41, 5.74) is 1.81. The fourth-order valence-corrected chi connectivity index (χ4v) is 2.35. The van der Waals surface area contributed by atoms with E-state index in [-0.39, 0.29) is 11.8 Å². The number of aliphatic hydroxyl groups is 1. The lowest BCUT2D eigenvalue weighted by atomic mass is 10.2. The number of hydrogen-bond acceptors (Lipinski definition) is 3. The second kappa shape index (κ2) is 6.72. The van der Waals surface area contributed by atoms with Crippen LogP contribution in [0.4, 0.5) is 0 Å². The highest BCUT2D eigenvalue weighted by Gasteiger charge is 2.06. The molecule has 0 spiro atoms. The highest BCUT2D eigenvalue weighted by Crippen LogP contribution is 2.09. The number of H-pyrrole nitrogens is 1. The third kappa shape index (κ3) is 3.71. The molecule has 0 aliphatic carbocycles. The number of para-hydroxylation sites is 2. The van der Waals surface area contributed by atoms with E-state index in [1.54, 1.807) is 11.5 Å². The molecule has 0 saturated heterocycles. The zero-order valence-electron chi connectivity index (χ0n) is 12.2. The summed E-state index contributed by atoms with van der Waals surface area (Å²) >= 11 is 0. The van der Waals surface area contributed by atoms with Gasteiger partial charge in [0.05, 0.1) is 17.1 Å². The predicted octanol–water partition coefficient (Wildman–Crippen LogP) is 1.42. The molecule has 1 aromatic heterocycles. The molecule has 2 rings (SSSR count). The number of aromatic nitrogens is 2. The summed E-state index contributed by atoms with van der Waals surface area (Å²) in [5.74, 6) is 0. The topological polar surface area (TPSA) is 61.3 Å². The number of rotatable bonds is 7. The van der Waals surface area contributed by atoms with Gasteiger partial charge >= 0.3 is 5.69 Å². The minimum Gasteiger partial charge on any atom is -0.393 e. The van der Waals surface area contributed by atoms with Crippen LogP contribution in [0.5, 0.6) is 0 Å². The van der Waals surface area contributed by atoms with Crippen molar-refractivity contribution >= 4 is 11.0 Å². The van der Waals surface area contributed by atoms with Crippen molar-refractivity contribution in [3.05, 3.63) is 34.7 Å². The lowest BCUT2D eigenvalue weighted by Crippen LogP contribution is -2.25. The fourth-order valence-electron chi connectivity index (χ4n) is 2.35. The van der Waals surface area contributed by atoms with Gasteiger partial charge in [-0.25, -0.2) is 4.79 Å². The lowest BCUT2D eigenvalue weighted by molar-refractivity contribution is 0.163. The zero-order chi connectivity index (χ0) is 14.5. The lowest BCUT2D eigenvalue weighted by Gasteiger charge is -2.17. The Hall–Kier alpha value is -1.59. The van der Waals surface area contributed by atoms with Crippen LogP contribution in [0.15, 0.2) is 29.1 Å². The van der Waals surface area contributed by atoms with Crippen molar-refractivity contribution in [2.75, 3.05) is 20.1 Å². The largest absolute Gasteiger partial charge is 0.393 e. The number of aryl methyl sites for hydroxylation is 1. The van der Waals surface area contributed by atoms with Crippen molar-refractivity contribution in [1.82, 2.24) is 14.5 Å². The molecule has 2 N–H and O–H groups in total. The summed E-state index contributed by atoms with van der Waals surface area (Å²) in [5, 5.41) is 9.26. The highest BCUT2D eigenvalue weighted by molar-refractivity contribution is 5.74. The van der Waals surface area contributed by atoms with E-state index in [0.717, 1.165) is 37.0 Å². The molecule has 5 heteroatoms. The van der Waals surface area contributed by atoms with Gasteiger partial charge in [0.2, 0.25) is 0 Å². The Morgan fingerprint density at radius 3 is 2.85 bits per heavy atom. The third-order valence-corrected chi connectivity index (χ3v) is 3.53. The number of fused-ring (bicyclic) bond motifs is 1. The summed E-state index contributed by atoms with van der Waals surface area (Å²) in [6.45, 7) is 4.31. The Kier molecular flexibility index (Phi) is 4.98. The van der Waals surface area contributed by atoms with E-state index in [1.807, 2.05) is 31.3 Å². The van der Waals surface area contributed by atoms with Crippen molar-refractivity contribution in [1.29, 1.82) is 0 Å². The van der Waals surface area contributed by atoms with Gasteiger partial charge in [-0.3, -0.25) is 4.57 Å². The van der Waals surface area contributed by atoms with Crippen LogP contribution in [0.25, 0.3) is 11.0 Å². The summed E-state index contributed by atoms with van der Waals surface area (Å²) in [7, 11) is 2.04. The Morgan fingerprint density at radius 2 is 2.10 bits per heavy atom. The molecule has 0 fully saturated rings. The molecule has 0 aliphatic heterocycles. The Morgan fingerprint density at radius 1 is 1.35 bits per heavy atom. The summed E-state index contributed by atoms with van der Waals surface area (Å²) < 4.78 is 1.79. The molecule has 20 heavy (non-hydrogen) atoms. The van der Waals surface area contributed by atoms with Crippen LogP contribution in [0.1, 0.15) is 19.8 Å². The van der Waals surface area contributed by atoms with Crippen LogP contribution in [0.2, 0.25) is 0 Å². The van der Waals surface area contributed by atoms with Crippen LogP contribution in [-0.2, 0) is 6.54 Å². The van der Waals surface area contributed by atoms with Crippen LogP contribution < -0.4 is 5.69 Å². The molecule has 0 aliphatic rings. The molecular weight excluding hydrogens is 254 g/mol. The first kappa shape index (κ1) is 14.8. The van der Waals surface area contributed by atoms with Gasteiger partial charge < -0.3 is 15.0 Å². The van der Waals surface area contributed by atoms with Gasteiger partial charge in [-0.15, -0.1) is 0 Å². The normalized spacial score (nSPS) is 13.2. The van der Waals surface area contributed by atoms with E-state index in [2.05, 4.69) is 9.88 Å². The fraction of sp³-hybridized carbons (Fsp3) is 0.533. The number of nitrogens with one attached hydrogen (secondary N) is 1. The molecule has 110 valence electrons. The Balaban J connectivity index is 1.90. The number of benzene rings is 1. The smallest absolute Gasteiger partial charge is 0.326 e. The van der Waals surface area contributed by atoms with E-state index in [0.29, 0.717) is 6.54 Å². The average Bonchev–Trinajstić information content (AvgIpc) is 2.73. The van der Waals surface area contributed by atoms with E-state index < -0.39 is 0 Å². The van der Waals surface area contributed by atoms with Gasteiger partial charge in [-0.1, -0.05) is 12.1 Å². The third-order valence-electron chi connectivity index (χ3n) is 3.53. The van der Waals surface area contributed by atoms with Crippen LogP contribution in [0, 0.1) is 0 Å². The molecule has 1 atom stereocenters. The molecule has 1 unspecified atom stereocenters. The minimum atomic E-state index is -0.256. The molecule has 1 heterocycles. The Bertz CT molecular complexity index is 600. The van der Waals surface area contributed by atoms with Crippen molar-refractivity contribution < 1.29 is 5.11 Å². The maximum atomic E-state index is 11.9. The second-order valence-corrected chi connectivity index (χ2v) is 5.39. The van der Waals surface area contributed by atoms with Crippen molar-refractivity contribution in [2.24, 2.45) is 0 Å². The molecule has 0 radical (unpaired) electrons. The molecule has 0 bridgehead atoms. The maximum absolute atomic E-state index is 11.9. The monoisotopic (exact) mass is 277 g/mol. The van der Waals surface area contributed by atoms with Crippen molar-refractivity contribution in [3.8, 4) is 0 Å². The van der Waals surface area contributed by atoms with Gasteiger partial charge in [0.15, 0.2) is 0 Å². The van der Waals surface area contributed by atoms with Gasteiger partial charge in [-0.05, 0) is 45.5 Å². The van der Waals surface area contributed by atoms with E-state index >= 15 is 0 Å². The zero-order valence-corrected chi connectivity index (χ0v) is 12.2. The summed E-state index contributed by atoms with van der Waals surface area (Å²) in [4.78, 5) is 16.9. The highest BCUT2D eigenvalue weighted by atomic mass is 16.3. The Labute approximate surface area is 118 Å². The first-order valence-electron chi connectivity index (χ1n) is 7.12. The van der Waals surface area contributed by atoms with Crippen LogP contribution >= 0.6 is 0 Å². The van der Waals surface area contributed by atoms with Crippen molar-refractivity contribution in [3.63, 3.8) is 0 Å². The molecule has 1 aromatic carbocycles. The number of aliphatic hydroxyl groups excluding tert-OH is 1. The van der Waals surface area contributed by atoms with E-state index in [1.165, 1.54) is 0 Å². The summed E-state index contributed by atoms with van der Waals surface area (Å²) in [6, 6.07) is 7.75. The minimum absolute atomic E-state index is 0.0437. The number of aromatic amines is 1. The average molecular weight is 277 g/mol. The van der Waals surface area contributed by atoms with Crippen LogP contribution in [-0.4, -0.2) is 45.8 Å². The molecule has 0 amide bonds. The van der Waals surface area contributed by atoms with Gasteiger partial charge in [0.25, 0.3) is 0 Å². The first-order chi connectivity index (χ1) is 9.58. The predicted molar refractivity (Wildman–Crippen MR) is 81.0 cm³/mol. The first-order valence-corrected chi connectivity index (χ1v) is 7.12. The molecule has 0 saturated carbocycles. The number of imidazole rings is 1. The maximum Gasteiger partial charge on any atom is 0.326 e. The summed E-state index contributed by atoms with van der Waals surface area (Å²) in [6.07, 6.45) is 1.44. The van der Waals surface area contributed by atoms with Gasteiger partial charge in [-0.2, -0.15) is 0 Å². The SMILES string of the molecule is CC(O)CCN(C)CCCn1c(=O)[nH]c2ccccc21. The molecule has 2 aromatic rings. The van der Waals surface area contributed by atoms with Gasteiger partial charge in [0, 0.05) is 13.1 Å². The van der Waals surface area contributed by atoms with Crippen LogP contribution in [0.3, 0.4) is 0 Å². The van der Waals surface area contributed by atoms with Crippen molar-refractivity contribution in [2.45, 2.75) is 32.4 Å². The van der Waals surface area contributed by atoms with Gasteiger partial charge in [0.1, 0.15) is 0 Å². The second-order valence-electron chi connectivity index (χ2n) is 5.39. The standard InChI is InChI=1S/C15H23N3O2/c1-12(19)8-11-17(2)9-5-10-18-14-7-4-3-6-13(14)16-15(18)20/h3-4,6-7,12,19H,5,8-11H2,1-2H3,(H,16,20). The number of nitrogens with zero attached hydrogens (tertiary/aromatic N) is 2. The van der Waals surface area contributed by atoms with E-state index in [9.17, 15) is 9.90 Å². The molecular formula is C15H23N3O2.